The van der Waals surface area contributed by atoms with Gasteiger partial charge in [-0.05, 0) is 48.5 Å². The van der Waals surface area contributed by atoms with Gasteiger partial charge in [-0.2, -0.15) is 0 Å². The molecule has 29 heavy (non-hydrogen) atoms. The van der Waals surface area contributed by atoms with Crippen LogP contribution >= 0.6 is 24.8 Å². The quantitative estimate of drug-likeness (QED) is 0.671. The molecule has 1 unspecified atom stereocenters. The number of nitrogens with two attached hydrogens (primary N) is 1. The molecule has 0 aromatic heterocycles. The molecular formula is C23H33Cl2N3O. The highest BCUT2D eigenvalue weighted by molar-refractivity contribution is 5.85. The summed E-state index contributed by atoms with van der Waals surface area (Å²) in [7, 11) is 0. The summed E-state index contributed by atoms with van der Waals surface area (Å²) in [6.45, 7) is 6.29. The number of amides is 1. The number of rotatable bonds is 7. The Kier molecular flexibility index (Phi) is 11.3. The molecule has 1 saturated heterocycles. The number of benzene rings is 2. The SMILES string of the molecule is CC1CCN(Cc2ccc(CNC(=O)CC(N)c3ccccc3)cc2)CC1.Cl.Cl. The fourth-order valence-electron chi connectivity index (χ4n) is 3.53. The summed E-state index contributed by atoms with van der Waals surface area (Å²) < 4.78 is 0. The minimum Gasteiger partial charge on any atom is -0.352 e. The average Bonchev–Trinajstić information content (AvgIpc) is 2.70. The summed E-state index contributed by atoms with van der Waals surface area (Å²) in [5.74, 6) is 0.847. The monoisotopic (exact) mass is 437 g/mol. The Morgan fingerprint density at radius 2 is 1.62 bits per heavy atom. The van der Waals surface area contributed by atoms with E-state index >= 15 is 0 Å². The highest BCUT2D eigenvalue weighted by Crippen LogP contribution is 2.18. The molecule has 160 valence electrons. The number of hydrogen-bond acceptors (Lipinski definition) is 3. The van der Waals surface area contributed by atoms with Crippen LogP contribution in [0.15, 0.2) is 54.6 Å². The van der Waals surface area contributed by atoms with Crippen molar-refractivity contribution in [3.8, 4) is 0 Å². The van der Waals surface area contributed by atoms with Crippen LogP contribution in [0, 0.1) is 5.92 Å². The van der Waals surface area contributed by atoms with E-state index in [2.05, 4.69) is 41.4 Å². The third-order valence-corrected chi connectivity index (χ3v) is 5.43. The van der Waals surface area contributed by atoms with Crippen molar-refractivity contribution in [3.05, 3.63) is 71.3 Å². The van der Waals surface area contributed by atoms with Gasteiger partial charge in [0.05, 0.1) is 0 Å². The van der Waals surface area contributed by atoms with Gasteiger partial charge in [-0.15, -0.1) is 24.8 Å². The summed E-state index contributed by atoms with van der Waals surface area (Å²) in [5, 5.41) is 2.98. The molecule has 0 radical (unpaired) electrons. The predicted molar refractivity (Wildman–Crippen MR) is 124 cm³/mol. The topological polar surface area (TPSA) is 58.4 Å². The molecule has 1 aliphatic rings. The molecule has 0 spiro atoms. The van der Waals surface area contributed by atoms with Crippen LogP contribution < -0.4 is 11.1 Å². The van der Waals surface area contributed by atoms with Crippen LogP contribution in [0.3, 0.4) is 0 Å². The molecule has 3 N–H and O–H groups in total. The highest BCUT2D eigenvalue weighted by Gasteiger charge is 2.15. The van der Waals surface area contributed by atoms with E-state index in [0.717, 1.165) is 23.6 Å². The normalized spacial score (nSPS) is 15.7. The first-order valence-corrected chi connectivity index (χ1v) is 9.97. The van der Waals surface area contributed by atoms with Crippen molar-refractivity contribution in [1.82, 2.24) is 10.2 Å². The van der Waals surface area contributed by atoms with Crippen LogP contribution in [0.1, 0.15) is 48.9 Å². The Bertz CT molecular complexity index is 717. The number of likely N-dealkylation sites (tertiary alicyclic amines) is 1. The molecule has 6 heteroatoms. The third-order valence-electron chi connectivity index (χ3n) is 5.43. The van der Waals surface area contributed by atoms with Gasteiger partial charge in [0.25, 0.3) is 0 Å². The summed E-state index contributed by atoms with van der Waals surface area (Å²) in [5.41, 5.74) is 9.56. The van der Waals surface area contributed by atoms with Gasteiger partial charge in [-0.1, -0.05) is 61.5 Å². The largest absolute Gasteiger partial charge is 0.352 e. The van der Waals surface area contributed by atoms with Gasteiger partial charge < -0.3 is 11.1 Å². The Balaban J connectivity index is 0.00000210. The lowest BCUT2D eigenvalue weighted by Gasteiger charge is -2.30. The maximum absolute atomic E-state index is 12.2. The van der Waals surface area contributed by atoms with Crippen molar-refractivity contribution in [3.63, 3.8) is 0 Å². The lowest BCUT2D eigenvalue weighted by Crippen LogP contribution is -2.32. The second-order valence-corrected chi connectivity index (χ2v) is 7.77. The van der Waals surface area contributed by atoms with E-state index in [-0.39, 0.29) is 36.8 Å². The zero-order valence-corrected chi connectivity index (χ0v) is 18.7. The number of hydrogen-bond donors (Lipinski definition) is 2. The van der Waals surface area contributed by atoms with Gasteiger partial charge >= 0.3 is 0 Å². The predicted octanol–water partition coefficient (Wildman–Crippen LogP) is 4.47. The van der Waals surface area contributed by atoms with Crippen molar-refractivity contribution in [2.45, 2.75) is 45.3 Å². The van der Waals surface area contributed by atoms with Crippen LogP contribution in [0.25, 0.3) is 0 Å². The number of piperidine rings is 1. The maximum Gasteiger partial charge on any atom is 0.222 e. The average molecular weight is 438 g/mol. The highest BCUT2D eigenvalue weighted by atomic mass is 35.5. The molecule has 0 saturated carbocycles. The van der Waals surface area contributed by atoms with Crippen molar-refractivity contribution >= 4 is 30.7 Å². The Morgan fingerprint density at radius 3 is 2.24 bits per heavy atom. The molecule has 1 fully saturated rings. The molecule has 0 bridgehead atoms. The first-order valence-electron chi connectivity index (χ1n) is 9.97. The molecule has 1 aliphatic heterocycles. The number of nitrogens with zero attached hydrogens (tertiary/aromatic N) is 1. The second-order valence-electron chi connectivity index (χ2n) is 7.77. The molecule has 4 nitrogen and oxygen atoms in total. The zero-order valence-electron chi connectivity index (χ0n) is 17.0. The Hall–Kier alpha value is -1.59. The van der Waals surface area contributed by atoms with E-state index < -0.39 is 0 Å². The minimum atomic E-state index is -0.263. The molecular weight excluding hydrogens is 405 g/mol. The van der Waals surface area contributed by atoms with Gasteiger partial charge in [-0.25, -0.2) is 0 Å². The standard InChI is InChI=1S/C23H31N3O.2ClH/c1-18-11-13-26(14-12-18)17-20-9-7-19(8-10-20)16-25-23(27)15-22(24)21-5-3-2-4-6-21;;/h2-10,18,22H,11-17,24H2,1H3,(H,25,27);2*1H. The van der Waals surface area contributed by atoms with Crippen molar-refractivity contribution < 1.29 is 4.79 Å². The fraction of sp³-hybridized carbons (Fsp3) is 0.435. The van der Waals surface area contributed by atoms with E-state index in [0.29, 0.717) is 13.0 Å². The van der Waals surface area contributed by atoms with E-state index in [1.54, 1.807) is 0 Å². The number of halogens is 2. The van der Waals surface area contributed by atoms with Gasteiger partial charge in [0.15, 0.2) is 0 Å². The van der Waals surface area contributed by atoms with Crippen LogP contribution in [-0.2, 0) is 17.9 Å². The number of carbonyl (C=O) groups excluding carboxylic acids is 1. The first-order chi connectivity index (χ1) is 13.1. The number of carbonyl (C=O) groups is 1. The molecule has 2 aromatic rings. The lowest BCUT2D eigenvalue weighted by molar-refractivity contribution is -0.121. The van der Waals surface area contributed by atoms with Crippen LogP contribution in [-0.4, -0.2) is 23.9 Å². The van der Waals surface area contributed by atoms with Crippen LogP contribution in [0.5, 0.6) is 0 Å². The lowest BCUT2D eigenvalue weighted by atomic mass is 9.99. The van der Waals surface area contributed by atoms with Crippen LogP contribution in [0.4, 0.5) is 0 Å². The molecule has 1 heterocycles. The minimum absolute atomic E-state index is 0. The smallest absolute Gasteiger partial charge is 0.222 e. The maximum atomic E-state index is 12.2. The second kappa shape index (κ2) is 12.9. The summed E-state index contributed by atoms with van der Waals surface area (Å²) in [6, 6.07) is 18.1. The van der Waals surface area contributed by atoms with E-state index in [4.69, 9.17) is 5.73 Å². The molecule has 0 aliphatic carbocycles. The summed E-state index contributed by atoms with van der Waals surface area (Å²) in [4.78, 5) is 14.7. The number of nitrogens with one attached hydrogen (secondary N) is 1. The van der Waals surface area contributed by atoms with Gasteiger partial charge in [0.2, 0.25) is 5.91 Å². The van der Waals surface area contributed by atoms with Crippen LogP contribution in [0.2, 0.25) is 0 Å². The van der Waals surface area contributed by atoms with Crippen molar-refractivity contribution in [2.24, 2.45) is 11.7 Å². The summed E-state index contributed by atoms with van der Waals surface area (Å²) >= 11 is 0. The van der Waals surface area contributed by atoms with Gasteiger partial charge in [-0.3, -0.25) is 9.69 Å². The molecule has 1 amide bonds. The van der Waals surface area contributed by atoms with E-state index in [1.165, 1.54) is 31.5 Å². The van der Waals surface area contributed by atoms with Gasteiger partial charge in [0.1, 0.15) is 0 Å². The van der Waals surface area contributed by atoms with E-state index in [9.17, 15) is 4.79 Å². The Morgan fingerprint density at radius 1 is 1.03 bits per heavy atom. The fourth-order valence-corrected chi connectivity index (χ4v) is 3.53. The summed E-state index contributed by atoms with van der Waals surface area (Å²) in [6.07, 6.45) is 2.90. The van der Waals surface area contributed by atoms with Crippen molar-refractivity contribution in [1.29, 1.82) is 0 Å². The molecule has 1 atom stereocenters. The molecule has 2 aromatic carbocycles. The van der Waals surface area contributed by atoms with Crippen molar-refractivity contribution in [2.75, 3.05) is 13.1 Å². The van der Waals surface area contributed by atoms with E-state index in [1.807, 2.05) is 30.3 Å². The zero-order chi connectivity index (χ0) is 19.1. The first kappa shape index (κ1) is 25.4. The third kappa shape index (κ3) is 8.35. The van der Waals surface area contributed by atoms with Gasteiger partial charge in [0, 0.05) is 25.6 Å². The Labute approximate surface area is 187 Å². The molecule has 3 rings (SSSR count).